The first-order chi connectivity index (χ1) is 12.9. The van der Waals surface area contributed by atoms with Gasteiger partial charge in [0.05, 0.1) is 22.0 Å². The van der Waals surface area contributed by atoms with E-state index in [1.165, 1.54) is 35.9 Å². The van der Waals surface area contributed by atoms with Crippen molar-refractivity contribution in [2.75, 3.05) is 0 Å². The lowest BCUT2D eigenvalue weighted by molar-refractivity contribution is -0.384. The highest BCUT2D eigenvalue weighted by molar-refractivity contribution is 5.94. The van der Waals surface area contributed by atoms with Crippen LogP contribution in [0.4, 0.5) is 17.1 Å². The predicted octanol–water partition coefficient (Wildman–Crippen LogP) is 4.00. The fraction of sp³-hybridized carbons (Fsp3) is 0.111. The fourth-order valence-electron chi connectivity index (χ4n) is 2.43. The molecule has 0 spiro atoms. The molecule has 3 rings (SSSR count). The van der Waals surface area contributed by atoms with Crippen molar-refractivity contribution in [1.82, 2.24) is 9.78 Å². The van der Waals surface area contributed by atoms with Crippen molar-refractivity contribution in [2.45, 2.75) is 13.8 Å². The van der Waals surface area contributed by atoms with Gasteiger partial charge >= 0.3 is 0 Å². The monoisotopic (exact) mass is 365 g/mol. The maximum Gasteiger partial charge on any atom is 0.299 e. The number of nitro benzene ring substituents is 1. The van der Waals surface area contributed by atoms with E-state index in [-0.39, 0.29) is 17.2 Å². The van der Waals surface area contributed by atoms with Crippen LogP contribution in [0.5, 0.6) is 0 Å². The van der Waals surface area contributed by atoms with Gasteiger partial charge in [0, 0.05) is 17.7 Å². The van der Waals surface area contributed by atoms with Crippen LogP contribution in [-0.4, -0.2) is 20.5 Å². The first-order valence-electron chi connectivity index (χ1n) is 7.96. The van der Waals surface area contributed by atoms with Crippen molar-refractivity contribution < 1.29 is 9.72 Å². The number of aryl methyl sites for hydroxylation is 1. The van der Waals surface area contributed by atoms with E-state index in [0.29, 0.717) is 22.6 Å². The van der Waals surface area contributed by atoms with Gasteiger partial charge in [-0.25, -0.2) is 4.68 Å². The SMILES string of the molecule is CC(=O)c1ccc(N=Nc2c(C)[nH]n(-c3ccc([N+](=O)[O-])cc3)c2=O)cc1. The fourth-order valence-corrected chi connectivity index (χ4v) is 2.43. The third kappa shape index (κ3) is 3.71. The van der Waals surface area contributed by atoms with Crippen LogP contribution in [0.3, 0.4) is 0 Å². The van der Waals surface area contributed by atoms with E-state index in [4.69, 9.17) is 0 Å². The molecule has 0 aliphatic rings. The Kier molecular flexibility index (Phi) is 4.75. The smallest absolute Gasteiger partial charge is 0.295 e. The number of H-pyrrole nitrogens is 1. The molecule has 2 aromatic carbocycles. The van der Waals surface area contributed by atoms with Crippen LogP contribution < -0.4 is 5.56 Å². The van der Waals surface area contributed by atoms with Crippen LogP contribution in [0, 0.1) is 17.0 Å². The number of benzene rings is 2. The Bertz CT molecular complexity index is 1090. The van der Waals surface area contributed by atoms with Crippen LogP contribution in [0.15, 0.2) is 63.6 Å². The van der Waals surface area contributed by atoms with Crippen LogP contribution in [0.25, 0.3) is 5.69 Å². The topological polar surface area (TPSA) is 123 Å². The number of hydrogen-bond acceptors (Lipinski definition) is 6. The van der Waals surface area contributed by atoms with Crippen molar-refractivity contribution in [3.8, 4) is 5.69 Å². The van der Waals surface area contributed by atoms with E-state index in [0.717, 1.165) is 0 Å². The number of nitrogens with one attached hydrogen (secondary N) is 1. The summed E-state index contributed by atoms with van der Waals surface area (Å²) in [5, 5.41) is 21.7. The molecule has 0 aliphatic carbocycles. The van der Waals surface area contributed by atoms with Gasteiger partial charge in [-0.15, -0.1) is 5.11 Å². The molecule has 0 unspecified atom stereocenters. The highest BCUT2D eigenvalue weighted by atomic mass is 16.6. The zero-order valence-corrected chi connectivity index (χ0v) is 14.5. The number of nitrogens with zero attached hydrogens (tertiary/aromatic N) is 4. The van der Waals surface area contributed by atoms with Crippen molar-refractivity contribution in [3.05, 3.63) is 80.3 Å². The molecule has 27 heavy (non-hydrogen) atoms. The molecule has 0 saturated carbocycles. The summed E-state index contributed by atoms with van der Waals surface area (Å²) >= 11 is 0. The molecule has 9 nitrogen and oxygen atoms in total. The molecule has 0 saturated heterocycles. The summed E-state index contributed by atoms with van der Waals surface area (Å²) in [4.78, 5) is 34.1. The van der Waals surface area contributed by atoms with Crippen LogP contribution in [-0.2, 0) is 0 Å². The first-order valence-corrected chi connectivity index (χ1v) is 7.96. The van der Waals surface area contributed by atoms with E-state index >= 15 is 0 Å². The van der Waals surface area contributed by atoms with E-state index in [1.54, 1.807) is 31.2 Å². The number of rotatable bonds is 5. The van der Waals surface area contributed by atoms with Crippen molar-refractivity contribution >= 4 is 22.8 Å². The van der Waals surface area contributed by atoms with E-state index < -0.39 is 10.5 Å². The van der Waals surface area contributed by atoms with Gasteiger partial charge in [0.1, 0.15) is 0 Å². The summed E-state index contributed by atoms with van der Waals surface area (Å²) < 4.78 is 1.24. The largest absolute Gasteiger partial charge is 0.299 e. The summed E-state index contributed by atoms with van der Waals surface area (Å²) in [5.74, 6) is -0.0500. The normalized spacial score (nSPS) is 11.0. The number of ketones is 1. The first kappa shape index (κ1) is 17.9. The summed E-state index contributed by atoms with van der Waals surface area (Å²) in [5.41, 5.74) is 1.65. The number of azo groups is 1. The third-order valence-corrected chi connectivity index (χ3v) is 3.90. The summed E-state index contributed by atoms with van der Waals surface area (Å²) in [7, 11) is 0. The molecule has 0 amide bonds. The predicted molar refractivity (Wildman–Crippen MR) is 98.4 cm³/mol. The molecule has 9 heteroatoms. The number of aromatic nitrogens is 2. The van der Waals surface area contributed by atoms with E-state index in [9.17, 15) is 19.7 Å². The summed E-state index contributed by atoms with van der Waals surface area (Å²) in [6, 6.07) is 12.1. The Morgan fingerprint density at radius 1 is 1.07 bits per heavy atom. The molecule has 1 heterocycles. The molecule has 0 atom stereocenters. The minimum Gasteiger partial charge on any atom is -0.295 e. The van der Waals surface area contributed by atoms with Crippen LogP contribution in [0.1, 0.15) is 23.0 Å². The minimum atomic E-state index is -0.510. The quantitative estimate of drug-likeness (QED) is 0.318. The molecule has 1 aromatic heterocycles. The number of non-ortho nitro benzene ring substituents is 1. The number of nitro groups is 1. The highest BCUT2D eigenvalue weighted by Crippen LogP contribution is 2.20. The maximum absolute atomic E-state index is 12.6. The minimum absolute atomic E-state index is 0.0500. The standard InChI is InChI=1S/C18H15N5O4/c1-11-17(20-19-14-5-3-13(4-6-14)12(2)24)18(25)22(21-11)15-7-9-16(10-8-15)23(26)27/h3-10,21H,1-2H3. The number of carbonyl (C=O) groups is 1. The Balaban J connectivity index is 1.90. The Morgan fingerprint density at radius 2 is 1.70 bits per heavy atom. The average molecular weight is 365 g/mol. The van der Waals surface area contributed by atoms with Gasteiger partial charge < -0.3 is 0 Å². The van der Waals surface area contributed by atoms with Crippen LogP contribution >= 0.6 is 0 Å². The van der Waals surface area contributed by atoms with Gasteiger partial charge in [0.2, 0.25) is 0 Å². The second kappa shape index (κ2) is 7.16. The van der Waals surface area contributed by atoms with Gasteiger partial charge in [-0.05, 0) is 50.2 Å². The molecule has 0 aliphatic heterocycles. The number of aromatic amines is 1. The van der Waals surface area contributed by atoms with E-state index in [2.05, 4.69) is 15.3 Å². The van der Waals surface area contributed by atoms with Gasteiger partial charge in [-0.2, -0.15) is 5.11 Å². The Hall–Kier alpha value is -3.88. The lowest BCUT2D eigenvalue weighted by atomic mass is 10.1. The molecule has 0 bridgehead atoms. The number of carbonyl (C=O) groups excluding carboxylic acids is 1. The van der Waals surface area contributed by atoms with Gasteiger partial charge in [-0.3, -0.25) is 24.8 Å². The molecule has 1 N–H and O–H groups in total. The Morgan fingerprint density at radius 3 is 2.26 bits per heavy atom. The molecular weight excluding hydrogens is 350 g/mol. The number of hydrogen-bond donors (Lipinski definition) is 1. The summed E-state index contributed by atoms with van der Waals surface area (Å²) in [6.07, 6.45) is 0. The highest BCUT2D eigenvalue weighted by Gasteiger charge is 2.13. The van der Waals surface area contributed by atoms with Gasteiger partial charge in [0.25, 0.3) is 11.2 Å². The Labute approximate surface area is 153 Å². The molecule has 0 fully saturated rings. The van der Waals surface area contributed by atoms with E-state index in [1.807, 2.05) is 0 Å². The number of Topliss-reactive ketones (excluding diaryl/α,β-unsaturated/α-hetero) is 1. The maximum atomic E-state index is 12.6. The summed E-state index contributed by atoms with van der Waals surface area (Å²) in [6.45, 7) is 3.15. The van der Waals surface area contributed by atoms with Gasteiger partial charge in [0.15, 0.2) is 11.5 Å². The lowest BCUT2D eigenvalue weighted by Gasteiger charge is -2.00. The van der Waals surface area contributed by atoms with Crippen molar-refractivity contribution in [2.24, 2.45) is 10.2 Å². The molecule has 0 radical (unpaired) electrons. The molecule has 136 valence electrons. The lowest BCUT2D eigenvalue weighted by Crippen LogP contribution is -2.13. The molecular formula is C18H15N5O4. The second-order valence-corrected chi connectivity index (χ2v) is 5.80. The average Bonchev–Trinajstić information content (AvgIpc) is 2.94. The van der Waals surface area contributed by atoms with Crippen LogP contribution in [0.2, 0.25) is 0 Å². The van der Waals surface area contributed by atoms with Crippen molar-refractivity contribution in [3.63, 3.8) is 0 Å². The zero-order chi connectivity index (χ0) is 19.6. The zero-order valence-electron chi connectivity index (χ0n) is 14.5. The third-order valence-electron chi connectivity index (χ3n) is 3.90. The second-order valence-electron chi connectivity index (χ2n) is 5.80. The van der Waals surface area contributed by atoms with Gasteiger partial charge in [-0.1, -0.05) is 0 Å². The van der Waals surface area contributed by atoms with Crippen molar-refractivity contribution in [1.29, 1.82) is 0 Å². The molecule has 3 aromatic rings.